The summed E-state index contributed by atoms with van der Waals surface area (Å²) in [6.45, 7) is 1.54. The van der Waals surface area contributed by atoms with Crippen LogP contribution in [-0.4, -0.2) is 53.9 Å². The third-order valence-corrected chi connectivity index (χ3v) is 7.07. The van der Waals surface area contributed by atoms with Crippen molar-refractivity contribution in [1.29, 1.82) is 0 Å². The van der Waals surface area contributed by atoms with Crippen LogP contribution in [0.25, 0.3) is 0 Å². The molecule has 1 unspecified atom stereocenters. The average Bonchev–Trinajstić information content (AvgIpc) is 3.14. The van der Waals surface area contributed by atoms with E-state index in [9.17, 15) is 23.2 Å². The van der Waals surface area contributed by atoms with Gasteiger partial charge in [0.1, 0.15) is 17.4 Å². The molecule has 0 spiro atoms. The molecule has 10 nitrogen and oxygen atoms in total. The summed E-state index contributed by atoms with van der Waals surface area (Å²) in [5.41, 5.74) is 0.478. The number of amidine groups is 1. The molecule has 1 aliphatic rings. The molecule has 0 aliphatic carbocycles. The lowest BCUT2D eigenvalue weighted by Gasteiger charge is -2.26. The van der Waals surface area contributed by atoms with E-state index in [0.29, 0.717) is 28.3 Å². The van der Waals surface area contributed by atoms with Crippen molar-refractivity contribution in [3.05, 3.63) is 94.0 Å². The number of carboxylic acid groups (broad SMARTS) is 1. The van der Waals surface area contributed by atoms with Crippen LogP contribution < -0.4 is 20.2 Å². The van der Waals surface area contributed by atoms with E-state index in [2.05, 4.69) is 15.8 Å². The maximum atomic E-state index is 14.4. The number of imide groups is 1. The standard InChI is InChI=1S/C30H29ClF2N4O6/c1-3-25(17-4-10-23(29(39)40)24(33)14-17)35-30(41)37-16-27(36-43-22-8-6-21(32)7-9-22)34-15-19(28(37)38)12-18-13-20(31)5-11-26(18)42-2/h4-11,13-14,19,25H,3,12,15-16H2,1-2H3,(H,34,36)(H,35,41)(H,39,40)/t19-,25?/m1/s1. The minimum atomic E-state index is -1.42. The number of nitrogens with zero attached hydrogens (tertiary/aromatic N) is 2. The fraction of sp³-hybridized carbons (Fsp3) is 0.267. The van der Waals surface area contributed by atoms with E-state index in [1.807, 2.05) is 0 Å². The van der Waals surface area contributed by atoms with Crippen molar-refractivity contribution in [2.75, 3.05) is 20.2 Å². The summed E-state index contributed by atoms with van der Waals surface area (Å²) in [6.07, 6.45) is 0.486. The number of oxime groups is 1. The third-order valence-electron chi connectivity index (χ3n) is 6.84. The number of amides is 3. The number of carboxylic acids is 1. The molecule has 1 saturated heterocycles. The number of ether oxygens (including phenoxy) is 1. The molecule has 0 saturated carbocycles. The molecule has 4 rings (SSSR count). The van der Waals surface area contributed by atoms with Gasteiger partial charge in [-0.05, 0) is 78.6 Å². The SMILES string of the molecule is CCC(NC(=O)N1C/C(=N/Oc2ccc(F)cc2)NC[C@@H](Cc2cc(Cl)ccc2OC)C1=O)c1ccc(C(=O)O)c(F)c1. The molecule has 1 aliphatic heterocycles. The molecule has 3 amide bonds. The molecule has 0 radical (unpaired) electrons. The Kier molecular flexibility index (Phi) is 10.1. The number of carbonyl (C=O) groups excluding carboxylic acids is 2. The predicted molar refractivity (Wildman–Crippen MR) is 154 cm³/mol. The summed E-state index contributed by atoms with van der Waals surface area (Å²) in [5, 5.41) is 19.4. The van der Waals surface area contributed by atoms with Crippen LogP contribution in [0.2, 0.25) is 5.02 Å². The Morgan fingerprint density at radius 3 is 2.56 bits per heavy atom. The molecule has 1 fully saturated rings. The first kappa shape index (κ1) is 31.2. The fourth-order valence-electron chi connectivity index (χ4n) is 4.57. The van der Waals surface area contributed by atoms with Crippen molar-refractivity contribution in [2.45, 2.75) is 25.8 Å². The normalized spacial score (nSPS) is 16.7. The number of nitrogens with one attached hydrogen (secondary N) is 2. The second-order valence-corrected chi connectivity index (χ2v) is 10.1. The van der Waals surface area contributed by atoms with Crippen LogP contribution in [-0.2, 0) is 11.2 Å². The van der Waals surface area contributed by atoms with Gasteiger partial charge in [-0.2, -0.15) is 0 Å². The Hall–Kier alpha value is -4.71. The summed E-state index contributed by atoms with van der Waals surface area (Å²) in [7, 11) is 1.49. The van der Waals surface area contributed by atoms with Gasteiger partial charge >= 0.3 is 12.0 Å². The maximum Gasteiger partial charge on any atom is 0.338 e. The van der Waals surface area contributed by atoms with Gasteiger partial charge in [-0.1, -0.05) is 29.7 Å². The lowest BCUT2D eigenvalue weighted by Crippen LogP contribution is -2.48. The van der Waals surface area contributed by atoms with Crippen LogP contribution in [0.1, 0.15) is 40.9 Å². The zero-order valence-corrected chi connectivity index (χ0v) is 24.0. The van der Waals surface area contributed by atoms with E-state index in [1.54, 1.807) is 25.1 Å². The van der Waals surface area contributed by atoms with Gasteiger partial charge in [0.2, 0.25) is 5.91 Å². The minimum Gasteiger partial charge on any atom is -0.496 e. The van der Waals surface area contributed by atoms with Gasteiger partial charge in [-0.15, -0.1) is 0 Å². The third kappa shape index (κ3) is 7.77. The van der Waals surface area contributed by atoms with Crippen LogP contribution in [0.3, 0.4) is 0 Å². The maximum absolute atomic E-state index is 14.4. The first-order valence-electron chi connectivity index (χ1n) is 13.3. The van der Waals surface area contributed by atoms with E-state index in [-0.39, 0.29) is 31.1 Å². The molecule has 0 aromatic heterocycles. The average molecular weight is 615 g/mol. The quantitative estimate of drug-likeness (QED) is 0.284. The molecular weight excluding hydrogens is 586 g/mol. The Labute approximate surface area is 251 Å². The Bertz CT molecular complexity index is 1540. The highest BCUT2D eigenvalue weighted by Crippen LogP contribution is 2.27. The number of rotatable bonds is 9. The van der Waals surface area contributed by atoms with Crippen molar-refractivity contribution in [2.24, 2.45) is 11.1 Å². The molecule has 3 aromatic rings. The summed E-state index contributed by atoms with van der Waals surface area (Å²) < 4.78 is 33.1. The van der Waals surface area contributed by atoms with Crippen LogP contribution in [0, 0.1) is 17.6 Å². The number of hydrogen-bond acceptors (Lipinski definition) is 6. The van der Waals surface area contributed by atoms with Crippen molar-refractivity contribution in [1.82, 2.24) is 15.5 Å². The van der Waals surface area contributed by atoms with Gasteiger partial charge in [0.05, 0.1) is 31.2 Å². The van der Waals surface area contributed by atoms with E-state index >= 15 is 0 Å². The molecule has 43 heavy (non-hydrogen) atoms. The first-order chi connectivity index (χ1) is 20.6. The number of benzene rings is 3. The van der Waals surface area contributed by atoms with Crippen LogP contribution >= 0.6 is 11.6 Å². The Morgan fingerprint density at radius 1 is 1.16 bits per heavy atom. The van der Waals surface area contributed by atoms with Crippen LogP contribution in [0.4, 0.5) is 13.6 Å². The first-order valence-corrected chi connectivity index (χ1v) is 13.7. The number of carbonyl (C=O) groups is 3. The molecule has 3 aromatic carbocycles. The lowest BCUT2D eigenvalue weighted by molar-refractivity contribution is -0.131. The van der Waals surface area contributed by atoms with E-state index in [0.717, 1.165) is 17.0 Å². The van der Waals surface area contributed by atoms with Gasteiger partial charge in [-0.25, -0.2) is 18.4 Å². The van der Waals surface area contributed by atoms with E-state index < -0.39 is 47.1 Å². The van der Waals surface area contributed by atoms with Gasteiger partial charge in [0.15, 0.2) is 11.6 Å². The minimum absolute atomic E-state index is 0.0863. The van der Waals surface area contributed by atoms with Crippen LogP contribution in [0.5, 0.6) is 11.5 Å². The molecule has 3 N–H and O–H groups in total. The summed E-state index contributed by atoms with van der Waals surface area (Å²) in [6, 6.07) is 12.2. The van der Waals surface area contributed by atoms with Crippen molar-refractivity contribution in [3.63, 3.8) is 0 Å². The highest BCUT2D eigenvalue weighted by Gasteiger charge is 2.35. The lowest BCUT2D eigenvalue weighted by atomic mass is 9.97. The van der Waals surface area contributed by atoms with Crippen molar-refractivity contribution in [3.8, 4) is 11.5 Å². The summed E-state index contributed by atoms with van der Waals surface area (Å²) in [4.78, 5) is 45.0. The highest BCUT2D eigenvalue weighted by molar-refractivity contribution is 6.30. The summed E-state index contributed by atoms with van der Waals surface area (Å²) in [5.74, 6) is -3.20. The zero-order chi connectivity index (χ0) is 31.1. The number of methoxy groups -OCH3 is 1. The Balaban J connectivity index is 1.61. The summed E-state index contributed by atoms with van der Waals surface area (Å²) >= 11 is 6.19. The van der Waals surface area contributed by atoms with Crippen molar-refractivity contribution >= 4 is 35.3 Å². The highest BCUT2D eigenvalue weighted by atomic mass is 35.5. The van der Waals surface area contributed by atoms with Crippen LogP contribution in [0.15, 0.2) is 65.8 Å². The monoisotopic (exact) mass is 614 g/mol. The molecular formula is C30H29ClF2N4O6. The van der Waals surface area contributed by atoms with Gasteiger partial charge in [-0.3, -0.25) is 9.69 Å². The molecule has 2 atom stereocenters. The predicted octanol–water partition coefficient (Wildman–Crippen LogP) is 5.17. The fourth-order valence-corrected chi connectivity index (χ4v) is 4.76. The van der Waals surface area contributed by atoms with E-state index in [1.165, 1.54) is 37.4 Å². The largest absolute Gasteiger partial charge is 0.496 e. The van der Waals surface area contributed by atoms with Gasteiger partial charge < -0.3 is 25.3 Å². The van der Waals surface area contributed by atoms with Gasteiger partial charge in [0.25, 0.3) is 0 Å². The smallest absolute Gasteiger partial charge is 0.338 e. The number of hydrogen-bond donors (Lipinski definition) is 3. The topological polar surface area (TPSA) is 130 Å². The second-order valence-electron chi connectivity index (χ2n) is 9.70. The zero-order valence-electron chi connectivity index (χ0n) is 23.3. The molecule has 226 valence electrons. The van der Waals surface area contributed by atoms with Crippen molar-refractivity contribution < 1.29 is 37.8 Å². The molecule has 1 heterocycles. The van der Waals surface area contributed by atoms with E-state index in [4.69, 9.17) is 26.3 Å². The Morgan fingerprint density at radius 2 is 1.91 bits per heavy atom. The van der Waals surface area contributed by atoms with Gasteiger partial charge in [0, 0.05) is 11.6 Å². The second kappa shape index (κ2) is 14.0. The number of urea groups is 1. The number of aromatic carboxylic acids is 1. The molecule has 13 heteroatoms. The number of halogens is 3. The molecule has 0 bridgehead atoms.